The molecule has 1 aromatic heterocycles. The molecule has 0 bridgehead atoms. The van der Waals surface area contributed by atoms with E-state index in [1.807, 2.05) is 39.1 Å². The molecule has 0 aliphatic heterocycles. The standard InChI is InChI=1S/C13H15BrN2O/c1-4-17-11-7-5-6-10(8-11)12-13(14)15-9(2)16(12)3/h5-8H,4H2,1-3H3. The van der Waals surface area contributed by atoms with Crippen molar-refractivity contribution in [2.75, 3.05) is 6.61 Å². The first-order valence-corrected chi connectivity index (χ1v) is 6.34. The number of hydrogen-bond donors (Lipinski definition) is 0. The van der Waals surface area contributed by atoms with Crippen molar-refractivity contribution in [1.82, 2.24) is 9.55 Å². The summed E-state index contributed by atoms with van der Waals surface area (Å²) < 4.78 is 8.44. The van der Waals surface area contributed by atoms with E-state index in [4.69, 9.17) is 4.74 Å². The van der Waals surface area contributed by atoms with Crippen LogP contribution in [0.2, 0.25) is 0 Å². The van der Waals surface area contributed by atoms with Crippen LogP contribution in [0.15, 0.2) is 28.9 Å². The van der Waals surface area contributed by atoms with Gasteiger partial charge in [-0.15, -0.1) is 0 Å². The molecule has 0 fully saturated rings. The third-order valence-corrected chi connectivity index (χ3v) is 3.25. The first-order valence-electron chi connectivity index (χ1n) is 5.55. The molecule has 4 heteroatoms. The molecule has 0 atom stereocenters. The van der Waals surface area contributed by atoms with Crippen LogP contribution in [0.3, 0.4) is 0 Å². The number of nitrogens with zero attached hydrogens (tertiary/aromatic N) is 2. The third kappa shape index (κ3) is 2.36. The van der Waals surface area contributed by atoms with E-state index in [2.05, 4.69) is 31.5 Å². The third-order valence-electron chi connectivity index (χ3n) is 2.69. The predicted molar refractivity (Wildman–Crippen MR) is 72.3 cm³/mol. The highest BCUT2D eigenvalue weighted by atomic mass is 79.9. The monoisotopic (exact) mass is 294 g/mol. The number of aryl methyl sites for hydroxylation is 1. The first kappa shape index (κ1) is 12.2. The predicted octanol–water partition coefficient (Wildman–Crippen LogP) is 3.56. The molecule has 1 aromatic carbocycles. The number of benzene rings is 1. The van der Waals surface area contributed by atoms with Crippen molar-refractivity contribution in [3.63, 3.8) is 0 Å². The molecule has 0 aliphatic rings. The van der Waals surface area contributed by atoms with Crippen LogP contribution in [0.1, 0.15) is 12.7 Å². The van der Waals surface area contributed by atoms with Crippen molar-refractivity contribution < 1.29 is 4.74 Å². The van der Waals surface area contributed by atoms with E-state index >= 15 is 0 Å². The maximum atomic E-state index is 5.51. The van der Waals surface area contributed by atoms with Gasteiger partial charge in [0, 0.05) is 12.6 Å². The van der Waals surface area contributed by atoms with Crippen LogP contribution in [-0.4, -0.2) is 16.2 Å². The van der Waals surface area contributed by atoms with Crippen molar-refractivity contribution in [1.29, 1.82) is 0 Å². The molecule has 0 saturated heterocycles. The van der Waals surface area contributed by atoms with E-state index in [9.17, 15) is 0 Å². The van der Waals surface area contributed by atoms with Crippen molar-refractivity contribution in [3.8, 4) is 17.0 Å². The van der Waals surface area contributed by atoms with Gasteiger partial charge in [0.05, 0.1) is 12.3 Å². The highest BCUT2D eigenvalue weighted by Crippen LogP contribution is 2.30. The number of imidazole rings is 1. The van der Waals surface area contributed by atoms with E-state index < -0.39 is 0 Å². The van der Waals surface area contributed by atoms with Crippen LogP contribution < -0.4 is 4.74 Å². The van der Waals surface area contributed by atoms with Gasteiger partial charge in [0.2, 0.25) is 0 Å². The SMILES string of the molecule is CCOc1cccc(-c2c(Br)nc(C)n2C)c1. The Hall–Kier alpha value is -1.29. The zero-order valence-corrected chi connectivity index (χ0v) is 11.8. The Kier molecular flexibility index (Phi) is 3.52. The van der Waals surface area contributed by atoms with Crippen molar-refractivity contribution >= 4 is 15.9 Å². The summed E-state index contributed by atoms with van der Waals surface area (Å²) in [7, 11) is 2.01. The van der Waals surface area contributed by atoms with Crippen LogP contribution in [0.25, 0.3) is 11.3 Å². The lowest BCUT2D eigenvalue weighted by Gasteiger charge is -2.07. The van der Waals surface area contributed by atoms with Gasteiger partial charge < -0.3 is 9.30 Å². The zero-order chi connectivity index (χ0) is 12.4. The van der Waals surface area contributed by atoms with Gasteiger partial charge in [0.15, 0.2) is 0 Å². The van der Waals surface area contributed by atoms with Crippen LogP contribution in [0.5, 0.6) is 5.75 Å². The fourth-order valence-corrected chi connectivity index (χ4v) is 2.53. The van der Waals surface area contributed by atoms with Gasteiger partial charge in [-0.25, -0.2) is 4.98 Å². The fraction of sp³-hybridized carbons (Fsp3) is 0.308. The van der Waals surface area contributed by atoms with Crippen LogP contribution in [-0.2, 0) is 7.05 Å². The first-order chi connectivity index (χ1) is 8.13. The van der Waals surface area contributed by atoms with Crippen LogP contribution in [0.4, 0.5) is 0 Å². The molecule has 2 aromatic rings. The molecule has 0 radical (unpaired) electrons. The summed E-state index contributed by atoms with van der Waals surface area (Å²) in [6.07, 6.45) is 0. The minimum atomic E-state index is 0.676. The van der Waals surface area contributed by atoms with E-state index in [1.165, 1.54) is 0 Å². The molecule has 2 rings (SSSR count). The molecular weight excluding hydrogens is 280 g/mol. The van der Waals surface area contributed by atoms with Gasteiger partial charge in [-0.2, -0.15) is 0 Å². The van der Waals surface area contributed by atoms with Gasteiger partial charge >= 0.3 is 0 Å². The average Bonchev–Trinajstić information content (AvgIpc) is 2.54. The second-order valence-electron chi connectivity index (χ2n) is 3.82. The van der Waals surface area contributed by atoms with Crippen LogP contribution in [0, 0.1) is 6.92 Å². The lowest BCUT2D eigenvalue weighted by atomic mass is 10.1. The van der Waals surface area contributed by atoms with Gasteiger partial charge in [-0.3, -0.25) is 0 Å². The van der Waals surface area contributed by atoms with E-state index in [-0.39, 0.29) is 0 Å². The second kappa shape index (κ2) is 4.92. The topological polar surface area (TPSA) is 27.1 Å². The number of hydrogen-bond acceptors (Lipinski definition) is 2. The number of halogens is 1. The number of aromatic nitrogens is 2. The van der Waals surface area contributed by atoms with Gasteiger partial charge in [-0.05, 0) is 41.9 Å². The zero-order valence-electron chi connectivity index (χ0n) is 10.2. The Labute approximate surface area is 110 Å². The Bertz CT molecular complexity index is 534. The molecule has 1 heterocycles. The fourth-order valence-electron chi connectivity index (χ4n) is 1.78. The summed E-state index contributed by atoms with van der Waals surface area (Å²) in [5, 5.41) is 0. The van der Waals surface area contributed by atoms with E-state index in [0.717, 1.165) is 27.4 Å². The molecule has 90 valence electrons. The summed E-state index contributed by atoms with van der Waals surface area (Å²) >= 11 is 3.50. The minimum Gasteiger partial charge on any atom is -0.494 e. The molecule has 0 amide bonds. The van der Waals surface area contributed by atoms with Crippen LogP contribution >= 0.6 is 15.9 Å². The van der Waals surface area contributed by atoms with Crippen molar-refractivity contribution in [3.05, 3.63) is 34.7 Å². The largest absolute Gasteiger partial charge is 0.494 e. The maximum absolute atomic E-state index is 5.51. The molecular formula is C13H15BrN2O. The summed E-state index contributed by atoms with van der Waals surface area (Å²) in [6.45, 7) is 4.65. The van der Waals surface area contributed by atoms with E-state index in [0.29, 0.717) is 6.61 Å². The summed E-state index contributed by atoms with van der Waals surface area (Å²) in [5.74, 6) is 1.87. The Balaban J connectivity index is 2.49. The quantitative estimate of drug-likeness (QED) is 0.865. The van der Waals surface area contributed by atoms with Gasteiger partial charge in [0.1, 0.15) is 16.2 Å². The lowest BCUT2D eigenvalue weighted by Crippen LogP contribution is -1.95. The Morgan fingerprint density at radius 3 is 2.76 bits per heavy atom. The highest BCUT2D eigenvalue weighted by molar-refractivity contribution is 9.10. The summed E-state index contributed by atoms with van der Waals surface area (Å²) in [4.78, 5) is 4.40. The molecule has 17 heavy (non-hydrogen) atoms. The summed E-state index contributed by atoms with van der Waals surface area (Å²) in [5.41, 5.74) is 2.18. The van der Waals surface area contributed by atoms with Crippen molar-refractivity contribution in [2.45, 2.75) is 13.8 Å². The van der Waals surface area contributed by atoms with Gasteiger partial charge in [-0.1, -0.05) is 12.1 Å². The lowest BCUT2D eigenvalue weighted by molar-refractivity contribution is 0.340. The summed E-state index contributed by atoms with van der Waals surface area (Å²) in [6, 6.07) is 8.05. The van der Waals surface area contributed by atoms with Gasteiger partial charge in [0.25, 0.3) is 0 Å². The minimum absolute atomic E-state index is 0.676. The molecule has 0 saturated carbocycles. The Morgan fingerprint density at radius 2 is 2.18 bits per heavy atom. The van der Waals surface area contributed by atoms with Crippen molar-refractivity contribution in [2.24, 2.45) is 7.05 Å². The number of ether oxygens (including phenoxy) is 1. The molecule has 0 spiro atoms. The number of rotatable bonds is 3. The average molecular weight is 295 g/mol. The second-order valence-corrected chi connectivity index (χ2v) is 4.57. The van der Waals surface area contributed by atoms with E-state index in [1.54, 1.807) is 0 Å². The molecule has 0 N–H and O–H groups in total. The maximum Gasteiger partial charge on any atom is 0.132 e. The Morgan fingerprint density at radius 1 is 1.41 bits per heavy atom. The molecule has 3 nitrogen and oxygen atoms in total. The normalized spacial score (nSPS) is 10.6. The molecule has 0 aliphatic carbocycles. The molecule has 0 unspecified atom stereocenters. The highest BCUT2D eigenvalue weighted by Gasteiger charge is 2.12. The smallest absolute Gasteiger partial charge is 0.132 e.